The van der Waals surface area contributed by atoms with Crippen molar-refractivity contribution in [2.45, 2.75) is 65.6 Å². The quantitative estimate of drug-likeness (QED) is 0.439. The van der Waals surface area contributed by atoms with E-state index < -0.39 is 11.2 Å². The van der Waals surface area contributed by atoms with Gasteiger partial charge in [0.25, 0.3) is 0 Å². The summed E-state index contributed by atoms with van der Waals surface area (Å²) in [5.74, 6) is -0.706. The molecule has 0 aromatic rings. The first-order valence-corrected chi connectivity index (χ1v) is 6.79. The first-order valence-electron chi connectivity index (χ1n) is 6.79. The number of ether oxygens (including phenoxy) is 2. The minimum absolute atomic E-state index is 0.353. The highest BCUT2D eigenvalue weighted by molar-refractivity contribution is 5.82. The van der Waals surface area contributed by atoms with Crippen molar-refractivity contribution < 1.29 is 19.1 Å². The molecule has 0 unspecified atom stereocenters. The molecule has 0 amide bonds. The number of hydrogen-bond donors (Lipinski definition) is 0. The molecule has 0 aromatic heterocycles. The van der Waals surface area contributed by atoms with Gasteiger partial charge in [-0.1, -0.05) is 12.2 Å². The van der Waals surface area contributed by atoms with Crippen molar-refractivity contribution >= 4 is 11.9 Å². The van der Waals surface area contributed by atoms with Gasteiger partial charge in [0.1, 0.15) is 11.2 Å². The maximum atomic E-state index is 11.4. The summed E-state index contributed by atoms with van der Waals surface area (Å²) in [6, 6.07) is 0. The fourth-order valence-electron chi connectivity index (χ4n) is 1.22. The Kier molecular flexibility index (Phi) is 7.25. The molecular formula is C16H26O4. The van der Waals surface area contributed by atoms with Gasteiger partial charge < -0.3 is 9.47 Å². The molecular weight excluding hydrogens is 256 g/mol. The van der Waals surface area contributed by atoms with Crippen LogP contribution in [0.2, 0.25) is 0 Å². The van der Waals surface area contributed by atoms with Crippen LogP contribution in [0.4, 0.5) is 0 Å². The lowest BCUT2D eigenvalue weighted by atomic mass is 10.2. The molecule has 0 heterocycles. The van der Waals surface area contributed by atoms with E-state index in [0.29, 0.717) is 12.8 Å². The lowest BCUT2D eigenvalue weighted by Gasteiger charge is -2.18. The van der Waals surface area contributed by atoms with Gasteiger partial charge in [-0.25, -0.2) is 9.59 Å². The Morgan fingerprint density at radius 1 is 0.750 bits per heavy atom. The third-order valence-electron chi connectivity index (χ3n) is 1.82. The Balaban J connectivity index is 3.91. The van der Waals surface area contributed by atoms with E-state index in [1.165, 1.54) is 12.2 Å². The number of hydrogen-bond acceptors (Lipinski definition) is 4. The molecule has 0 bridgehead atoms. The molecule has 0 saturated carbocycles. The molecule has 0 aromatic carbocycles. The van der Waals surface area contributed by atoms with Crippen molar-refractivity contribution in [2.24, 2.45) is 0 Å². The molecule has 0 rings (SSSR count). The number of carbonyl (C=O) groups is 2. The van der Waals surface area contributed by atoms with Crippen molar-refractivity contribution in [1.82, 2.24) is 0 Å². The van der Waals surface area contributed by atoms with E-state index in [9.17, 15) is 9.59 Å². The summed E-state index contributed by atoms with van der Waals surface area (Å²) in [6.45, 7) is 10.9. The Morgan fingerprint density at radius 2 is 1.05 bits per heavy atom. The van der Waals surface area contributed by atoms with E-state index >= 15 is 0 Å². The lowest BCUT2D eigenvalue weighted by Crippen LogP contribution is -2.22. The standard InChI is InChI=1S/C16H26O4/c1-15(2,3)19-13(17)11-9-7-8-10-12-14(18)20-16(4,5)6/h9-12H,7-8H2,1-6H3. The van der Waals surface area contributed by atoms with E-state index in [1.807, 2.05) is 41.5 Å². The van der Waals surface area contributed by atoms with Crippen LogP contribution in [0.15, 0.2) is 24.3 Å². The Labute approximate surface area is 121 Å². The SMILES string of the molecule is CC(C)(C)OC(=O)C=CCCC=CC(=O)OC(C)(C)C. The number of rotatable bonds is 5. The summed E-state index contributed by atoms with van der Waals surface area (Å²) in [4.78, 5) is 22.7. The number of allylic oxidation sites excluding steroid dienone is 2. The van der Waals surface area contributed by atoms with Crippen LogP contribution in [0.1, 0.15) is 54.4 Å². The van der Waals surface area contributed by atoms with Crippen LogP contribution in [0.25, 0.3) is 0 Å². The molecule has 0 saturated heterocycles. The summed E-state index contributed by atoms with van der Waals surface area (Å²) < 4.78 is 10.2. The van der Waals surface area contributed by atoms with Gasteiger partial charge in [-0.15, -0.1) is 0 Å². The second-order valence-electron chi connectivity index (χ2n) is 6.45. The Bertz CT molecular complexity index is 340. The molecule has 0 radical (unpaired) electrons. The average Bonchev–Trinajstić information content (AvgIpc) is 2.17. The highest BCUT2D eigenvalue weighted by Gasteiger charge is 2.14. The molecule has 4 heteroatoms. The molecule has 0 N–H and O–H groups in total. The highest BCUT2D eigenvalue weighted by Crippen LogP contribution is 2.08. The minimum atomic E-state index is -0.474. The second kappa shape index (κ2) is 7.88. The first kappa shape index (κ1) is 18.4. The molecule has 0 atom stereocenters. The van der Waals surface area contributed by atoms with Gasteiger partial charge >= 0.3 is 11.9 Å². The van der Waals surface area contributed by atoms with Gasteiger partial charge in [0.05, 0.1) is 0 Å². The normalized spacial score (nSPS) is 12.9. The summed E-state index contributed by atoms with van der Waals surface area (Å²) in [5.41, 5.74) is -0.948. The Morgan fingerprint density at radius 3 is 1.30 bits per heavy atom. The van der Waals surface area contributed by atoms with E-state index in [1.54, 1.807) is 12.2 Å². The van der Waals surface area contributed by atoms with Gasteiger partial charge in [0, 0.05) is 12.2 Å². The first-order chi connectivity index (χ1) is 8.99. The molecule has 0 spiro atoms. The van der Waals surface area contributed by atoms with Crippen molar-refractivity contribution in [1.29, 1.82) is 0 Å². The molecule has 114 valence electrons. The predicted octanol–water partition coefficient (Wildman–Crippen LogP) is 3.56. The van der Waals surface area contributed by atoms with Crippen LogP contribution in [-0.4, -0.2) is 23.1 Å². The van der Waals surface area contributed by atoms with Crippen molar-refractivity contribution in [3.05, 3.63) is 24.3 Å². The van der Waals surface area contributed by atoms with Crippen LogP contribution in [0, 0.1) is 0 Å². The fraction of sp³-hybridized carbons (Fsp3) is 0.625. The zero-order chi connectivity index (χ0) is 15.8. The molecule has 0 aliphatic heterocycles. The van der Waals surface area contributed by atoms with Crippen LogP contribution >= 0.6 is 0 Å². The minimum Gasteiger partial charge on any atom is -0.457 e. The fourth-order valence-corrected chi connectivity index (χ4v) is 1.22. The summed E-state index contributed by atoms with van der Waals surface area (Å²) in [6.07, 6.45) is 7.61. The zero-order valence-corrected chi connectivity index (χ0v) is 13.4. The van der Waals surface area contributed by atoms with Crippen molar-refractivity contribution in [2.75, 3.05) is 0 Å². The van der Waals surface area contributed by atoms with Crippen LogP contribution < -0.4 is 0 Å². The highest BCUT2D eigenvalue weighted by atomic mass is 16.6. The van der Waals surface area contributed by atoms with Gasteiger partial charge in [0.15, 0.2) is 0 Å². The summed E-state index contributed by atoms with van der Waals surface area (Å²) >= 11 is 0. The van der Waals surface area contributed by atoms with E-state index in [2.05, 4.69) is 0 Å². The molecule has 0 aliphatic rings. The number of esters is 2. The summed E-state index contributed by atoms with van der Waals surface area (Å²) in [7, 11) is 0. The van der Waals surface area contributed by atoms with Gasteiger partial charge in [0.2, 0.25) is 0 Å². The predicted molar refractivity (Wildman–Crippen MR) is 79.2 cm³/mol. The Hall–Kier alpha value is -1.58. The number of unbranched alkanes of at least 4 members (excludes halogenated alkanes) is 1. The van der Waals surface area contributed by atoms with Gasteiger partial charge in [-0.05, 0) is 54.4 Å². The number of carbonyl (C=O) groups excluding carboxylic acids is 2. The van der Waals surface area contributed by atoms with Crippen LogP contribution in [-0.2, 0) is 19.1 Å². The average molecular weight is 282 g/mol. The zero-order valence-electron chi connectivity index (χ0n) is 13.4. The van der Waals surface area contributed by atoms with Crippen molar-refractivity contribution in [3.63, 3.8) is 0 Å². The maximum absolute atomic E-state index is 11.4. The van der Waals surface area contributed by atoms with Crippen molar-refractivity contribution in [3.8, 4) is 0 Å². The van der Waals surface area contributed by atoms with Gasteiger partial charge in [-0.3, -0.25) is 0 Å². The van der Waals surface area contributed by atoms with Crippen LogP contribution in [0.3, 0.4) is 0 Å². The molecule has 0 aliphatic carbocycles. The topological polar surface area (TPSA) is 52.6 Å². The maximum Gasteiger partial charge on any atom is 0.330 e. The monoisotopic (exact) mass is 282 g/mol. The van der Waals surface area contributed by atoms with E-state index in [0.717, 1.165) is 0 Å². The smallest absolute Gasteiger partial charge is 0.330 e. The van der Waals surface area contributed by atoms with E-state index in [-0.39, 0.29) is 11.9 Å². The van der Waals surface area contributed by atoms with Gasteiger partial charge in [-0.2, -0.15) is 0 Å². The third kappa shape index (κ3) is 12.9. The second-order valence-corrected chi connectivity index (χ2v) is 6.45. The lowest BCUT2D eigenvalue weighted by molar-refractivity contribution is -0.149. The third-order valence-corrected chi connectivity index (χ3v) is 1.82. The molecule has 4 nitrogen and oxygen atoms in total. The largest absolute Gasteiger partial charge is 0.457 e. The van der Waals surface area contributed by atoms with Crippen LogP contribution in [0.5, 0.6) is 0 Å². The van der Waals surface area contributed by atoms with E-state index in [4.69, 9.17) is 9.47 Å². The summed E-state index contributed by atoms with van der Waals surface area (Å²) in [5, 5.41) is 0. The molecule has 0 fully saturated rings. The molecule has 20 heavy (non-hydrogen) atoms.